The first-order valence-electron chi connectivity index (χ1n) is 11.5. The Morgan fingerprint density at radius 1 is 1.11 bits per heavy atom. The number of carbonyl (C=O) groups is 1. The number of carbonyl (C=O) groups excluding carboxylic acids is 1. The van der Waals surface area contributed by atoms with Crippen molar-refractivity contribution in [2.24, 2.45) is 5.92 Å². The van der Waals surface area contributed by atoms with Gasteiger partial charge in [-0.15, -0.1) is 0 Å². The monoisotopic (exact) mass is 479 g/mol. The molecule has 9 nitrogen and oxygen atoms in total. The van der Waals surface area contributed by atoms with Gasteiger partial charge in [0.25, 0.3) is 0 Å². The average Bonchev–Trinajstić information content (AvgIpc) is 3.25. The van der Waals surface area contributed by atoms with Crippen LogP contribution >= 0.6 is 0 Å². The van der Waals surface area contributed by atoms with Gasteiger partial charge in [0, 0.05) is 31.8 Å². The lowest BCUT2D eigenvalue weighted by atomic mass is 9.98. The summed E-state index contributed by atoms with van der Waals surface area (Å²) in [6.07, 6.45) is 4.46. The summed E-state index contributed by atoms with van der Waals surface area (Å²) in [7, 11) is 1.55. The number of likely N-dealkylation sites (tertiary alicyclic amines) is 1. The number of H-pyrrole nitrogens is 1. The molecular formula is C25H26FN5O4. The van der Waals surface area contributed by atoms with Crippen LogP contribution in [-0.2, 0) is 4.79 Å². The maximum Gasteiger partial charge on any atom is 0.230 e. The zero-order chi connectivity index (χ0) is 24.5. The van der Waals surface area contributed by atoms with Gasteiger partial charge in [-0.3, -0.25) is 4.79 Å². The molecule has 35 heavy (non-hydrogen) atoms. The van der Waals surface area contributed by atoms with Crippen molar-refractivity contribution in [3.05, 3.63) is 42.2 Å². The summed E-state index contributed by atoms with van der Waals surface area (Å²) in [5, 5.41) is 0.900. The summed E-state index contributed by atoms with van der Waals surface area (Å²) in [4.78, 5) is 29.2. The zero-order valence-electron chi connectivity index (χ0n) is 19.8. The number of hydrogen-bond acceptors (Lipinski definition) is 7. The molecule has 1 fully saturated rings. The van der Waals surface area contributed by atoms with Crippen molar-refractivity contribution < 1.29 is 23.4 Å². The Bertz CT molecular complexity index is 1400. The number of piperidine rings is 1. The lowest BCUT2D eigenvalue weighted by molar-refractivity contribution is -0.130. The van der Waals surface area contributed by atoms with Crippen LogP contribution in [0.5, 0.6) is 23.1 Å². The van der Waals surface area contributed by atoms with E-state index >= 15 is 4.39 Å². The van der Waals surface area contributed by atoms with E-state index in [4.69, 9.17) is 14.2 Å². The van der Waals surface area contributed by atoms with Crippen LogP contribution in [0, 0.1) is 18.7 Å². The van der Waals surface area contributed by atoms with Gasteiger partial charge in [-0.2, -0.15) is 0 Å². The Morgan fingerprint density at radius 3 is 2.66 bits per heavy atom. The predicted octanol–water partition coefficient (Wildman–Crippen LogP) is 4.39. The number of nitrogens with one attached hydrogen (secondary N) is 1. The number of aromatic amines is 1. The second kappa shape index (κ2) is 9.36. The number of halogens is 1. The molecule has 5 rings (SSSR count). The van der Waals surface area contributed by atoms with E-state index < -0.39 is 5.82 Å². The van der Waals surface area contributed by atoms with Crippen molar-refractivity contribution in [2.75, 3.05) is 26.8 Å². The molecule has 1 saturated heterocycles. The van der Waals surface area contributed by atoms with Crippen LogP contribution in [0.15, 0.2) is 30.7 Å². The van der Waals surface area contributed by atoms with Crippen molar-refractivity contribution >= 4 is 27.8 Å². The number of aromatic nitrogens is 4. The Morgan fingerprint density at radius 2 is 1.91 bits per heavy atom. The Hall–Kier alpha value is -3.95. The molecule has 3 aromatic heterocycles. The van der Waals surface area contributed by atoms with E-state index in [1.807, 2.05) is 11.8 Å². The van der Waals surface area contributed by atoms with Gasteiger partial charge in [-0.25, -0.2) is 19.3 Å². The molecule has 0 unspecified atom stereocenters. The third kappa shape index (κ3) is 4.55. The standard InChI is InChI=1S/C25H26FN5O4/c1-14-8-18-23(26)22(11-27-24(18)30-14)35-25-17-9-20(33-3)21(10-19(17)28-13-29-25)34-12-16-4-6-31(7-5-16)15(2)32/h8-11,13,16H,4-7,12H2,1-3H3,(H,27,30). The maximum atomic E-state index is 15.0. The topological polar surface area (TPSA) is 102 Å². The van der Waals surface area contributed by atoms with Crippen LogP contribution in [0.4, 0.5) is 4.39 Å². The highest BCUT2D eigenvalue weighted by molar-refractivity contribution is 5.87. The number of pyridine rings is 1. The molecule has 4 aromatic rings. The Balaban J connectivity index is 1.38. The molecule has 1 N–H and O–H groups in total. The molecule has 4 heterocycles. The molecule has 10 heteroatoms. The molecule has 0 atom stereocenters. The average molecular weight is 480 g/mol. The van der Waals surface area contributed by atoms with Crippen LogP contribution < -0.4 is 14.2 Å². The van der Waals surface area contributed by atoms with Crippen molar-refractivity contribution in [1.29, 1.82) is 0 Å². The van der Waals surface area contributed by atoms with E-state index in [1.165, 1.54) is 12.5 Å². The molecule has 1 aliphatic rings. The summed E-state index contributed by atoms with van der Waals surface area (Å²) in [5.74, 6) is 1.13. The molecule has 0 saturated carbocycles. The largest absolute Gasteiger partial charge is 0.493 e. The quantitative estimate of drug-likeness (QED) is 0.437. The van der Waals surface area contributed by atoms with Crippen molar-refractivity contribution in [3.8, 4) is 23.1 Å². The van der Waals surface area contributed by atoms with E-state index in [1.54, 1.807) is 32.2 Å². The van der Waals surface area contributed by atoms with Gasteiger partial charge in [0.2, 0.25) is 11.8 Å². The molecule has 1 aliphatic heterocycles. The fraction of sp³-hybridized carbons (Fsp3) is 0.360. The summed E-state index contributed by atoms with van der Waals surface area (Å²) in [6.45, 7) is 5.42. The minimum Gasteiger partial charge on any atom is -0.493 e. The first-order valence-corrected chi connectivity index (χ1v) is 11.5. The fourth-order valence-electron chi connectivity index (χ4n) is 4.35. The van der Waals surface area contributed by atoms with Crippen molar-refractivity contribution in [2.45, 2.75) is 26.7 Å². The number of fused-ring (bicyclic) bond motifs is 2. The lowest BCUT2D eigenvalue weighted by Gasteiger charge is -2.31. The minimum atomic E-state index is -0.520. The Labute approximate surface area is 201 Å². The van der Waals surface area contributed by atoms with Gasteiger partial charge in [0.05, 0.1) is 36.2 Å². The number of benzene rings is 1. The highest BCUT2D eigenvalue weighted by Gasteiger charge is 2.22. The van der Waals surface area contributed by atoms with Gasteiger partial charge in [0.15, 0.2) is 23.1 Å². The SMILES string of the molecule is COc1cc2c(Oc3cnc4[nH]c(C)cc4c3F)ncnc2cc1OCC1CCN(C(C)=O)CC1. The molecule has 1 aromatic carbocycles. The third-order valence-corrected chi connectivity index (χ3v) is 6.32. The van der Waals surface area contributed by atoms with Gasteiger partial charge in [0.1, 0.15) is 12.0 Å². The van der Waals surface area contributed by atoms with E-state index in [9.17, 15) is 4.79 Å². The highest BCUT2D eigenvalue weighted by Crippen LogP contribution is 2.37. The van der Waals surface area contributed by atoms with E-state index in [2.05, 4.69) is 19.9 Å². The molecular weight excluding hydrogens is 453 g/mol. The van der Waals surface area contributed by atoms with Crippen LogP contribution in [0.1, 0.15) is 25.5 Å². The van der Waals surface area contributed by atoms with Gasteiger partial charge >= 0.3 is 0 Å². The number of methoxy groups -OCH3 is 1. The Kier molecular flexibility index (Phi) is 6.10. The van der Waals surface area contributed by atoms with E-state index in [0.717, 1.165) is 31.6 Å². The molecule has 0 spiro atoms. The number of aryl methyl sites for hydroxylation is 1. The van der Waals surface area contributed by atoms with Crippen molar-refractivity contribution in [1.82, 2.24) is 24.8 Å². The van der Waals surface area contributed by atoms with Gasteiger partial charge < -0.3 is 24.1 Å². The van der Waals surface area contributed by atoms with Crippen LogP contribution in [-0.4, -0.2) is 57.5 Å². The third-order valence-electron chi connectivity index (χ3n) is 6.32. The van der Waals surface area contributed by atoms with Crippen LogP contribution in [0.3, 0.4) is 0 Å². The van der Waals surface area contributed by atoms with E-state index in [0.29, 0.717) is 46.0 Å². The molecule has 182 valence electrons. The minimum absolute atomic E-state index is 0.0345. The van der Waals surface area contributed by atoms with E-state index in [-0.39, 0.29) is 17.5 Å². The number of ether oxygens (including phenoxy) is 3. The zero-order valence-corrected chi connectivity index (χ0v) is 19.8. The summed E-state index contributed by atoms with van der Waals surface area (Å²) in [6, 6.07) is 5.17. The van der Waals surface area contributed by atoms with Crippen molar-refractivity contribution in [3.63, 3.8) is 0 Å². The smallest absolute Gasteiger partial charge is 0.230 e. The normalized spacial score (nSPS) is 14.5. The maximum absolute atomic E-state index is 15.0. The fourth-order valence-corrected chi connectivity index (χ4v) is 4.35. The second-order valence-electron chi connectivity index (χ2n) is 8.71. The number of nitrogens with zero attached hydrogens (tertiary/aromatic N) is 4. The molecule has 0 radical (unpaired) electrons. The predicted molar refractivity (Wildman–Crippen MR) is 127 cm³/mol. The lowest BCUT2D eigenvalue weighted by Crippen LogP contribution is -2.38. The highest BCUT2D eigenvalue weighted by atomic mass is 19.1. The number of rotatable bonds is 6. The molecule has 0 aliphatic carbocycles. The number of hydrogen-bond donors (Lipinski definition) is 1. The van der Waals surface area contributed by atoms with Gasteiger partial charge in [-0.1, -0.05) is 0 Å². The summed E-state index contributed by atoms with van der Waals surface area (Å²) in [5.41, 5.74) is 1.83. The molecule has 0 bridgehead atoms. The first kappa shape index (κ1) is 22.8. The summed E-state index contributed by atoms with van der Waals surface area (Å²) >= 11 is 0. The number of amides is 1. The summed E-state index contributed by atoms with van der Waals surface area (Å²) < 4.78 is 32.5. The van der Waals surface area contributed by atoms with Crippen LogP contribution in [0.25, 0.3) is 21.9 Å². The first-order chi connectivity index (χ1) is 16.9. The second-order valence-corrected chi connectivity index (χ2v) is 8.71. The van der Waals surface area contributed by atoms with Crippen LogP contribution in [0.2, 0.25) is 0 Å². The molecule has 1 amide bonds. The van der Waals surface area contributed by atoms with Gasteiger partial charge in [-0.05, 0) is 37.8 Å².